The van der Waals surface area contributed by atoms with Crippen molar-refractivity contribution in [2.45, 2.75) is 51.6 Å². The molecule has 0 radical (unpaired) electrons. The Bertz CT molecular complexity index is 1300. The fourth-order valence-corrected chi connectivity index (χ4v) is 4.85. The molecule has 3 aromatic carbocycles. The molecule has 0 bridgehead atoms. The lowest BCUT2D eigenvalue weighted by Gasteiger charge is -2.19. The number of nitrogens with zero attached hydrogens (tertiary/aromatic N) is 3. The molecule has 35 heavy (non-hydrogen) atoms. The average Bonchev–Trinajstić information content (AvgIpc) is 3.40. The van der Waals surface area contributed by atoms with Crippen molar-refractivity contribution in [2.75, 3.05) is 13.2 Å². The van der Waals surface area contributed by atoms with Gasteiger partial charge in [0.2, 0.25) is 5.91 Å². The third-order valence-corrected chi connectivity index (χ3v) is 6.78. The average molecular weight is 468 g/mol. The summed E-state index contributed by atoms with van der Waals surface area (Å²) in [5.41, 5.74) is 4.62. The molecule has 4 aromatic rings. The normalized spacial score (nSPS) is 16.3. The molecular formula is C30H33N3O2. The highest BCUT2D eigenvalue weighted by molar-refractivity contribution is 5.81. The highest BCUT2D eigenvalue weighted by Gasteiger charge is 2.34. The Morgan fingerprint density at radius 1 is 0.943 bits per heavy atom. The molecule has 180 valence electrons. The molecule has 0 N–H and O–H groups in total. The van der Waals surface area contributed by atoms with E-state index in [4.69, 9.17) is 9.72 Å². The number of para-hydroxylation sites is 2. The molecule has 0 spiro atoms. The van der Waals surface area contributed by atoms with Gasteiger partial charge in [0.1, 0.15) is 18.2 Å². The van der Waals surface area contributed by atoms with Crippen molar-refractivity contribution < 1.29 is 9.53 Å². The Labute approximate surface area is 207 Å². The largest absolute Gasteiger partial charge is 0.492 e. The molecule has 5 rings (SSSR count). The highest BCUT2D eigenvalue weighted by atomic mass is 16.5. The van der Waals surface area contributed by atoms with E-state index in [1.165, 1.54) is 5.56 Å². The molecule has 1 saturated heterocycles. The number of fused-ring (bicyclic) bond motifs is 1. The van der Waals surface area contributed by atoms with Crippen molar-refractivity contribution >= 4 is 16.9 Å². The Balaban J connectivity index is 1.32. The predicted octanol–water partition coefficient (Wildman–Crippen LogP) is 5.93. The van der Waals surface area contributed by atoms with Crippen molar-refractivity contribution in [3.05, 3.63) is 95.8 Å². The van der Waals surface area contributed by atoms with E-state index in [1.54, 1.807) is 0 Å². The summed E-state index contributed by atoms with van der Waals surface area (Å²) in [6.07, 6.45) is 0.491. The van der Waals surface area contributed by atoms with Crippen LogP contribution in [0, 0.1) is 0 Å². The molecule has 1 aliphatic rings. The summed E-state index contributed by atoms with van der Waals surface area (Å²) >= 11 is 0. The second-order valence-corrected chi connectivity index (χ2v) is 10.4. The summed E-state index contributed by atoms with van der Waals surface area (Å²) in [6.45, 7) is 9.18. The van der Waals surface area contributed by atoms with Gasteiger partial charge >= 0.3 is 0 Å². The number of hydrogen-bond acceptors (Lipinski definition) is 3. The zero-order chi connectivity index (χ0) is 24.4. The fraction of sp³-hybridized carbons (Fsp3) is 0.333. The molecular weight excluding hydrogens is 434 g/mol. The minimum atomic E-state index is 0.0738. The van der Waals surface area contributed by atoms with Crippen LogP contribution in [0.15, 0.2) is 78.9 Å². The Morgan fingerprint density at radius 2 is 1.66 bits per heavy atom. The number of ether oxygens (including phenoxy) is 1. The maximum atomic E-state index is 12.9. The van der Waals surface area contributed by atoms with E-state index in [0.717, 1.165) is 28.2 Å². The molecule has 5 heteroatoms. The molecule has 1 aliphatic heterocycles. The summed E-state index contributed by atoms with van der Waals surface area (Å²) in [7, 11) is 0. The Hall–Kier alpha value is -3.60. The maximum absolute atomic E-state index is 12.9. The standard InChI is InChI=1S/C30H33N3O2/c1-30(2,3)24-13-15-25(16-14-24)35-18-17-33-27-12-8-7-11-26(27)31-29(33)23-19-28(34)32(21-23)20-22-9-5-4-6-10-22/h4-16,23H,17-21H2,1-3H3. The van der Waals surface area contributed by atoms with Gasteiger partial charge in [-0.3, -0.25) is 4.79 Å². The second-order valence-electron chi connectivity index (χ2n) is 10.4. The molecule has 2 heterocycles. The minimum Gasteiger partial charge on any atom is -0.492 e. The Kier molecular flexibility index (Phi) is 6.33. The summed E-state index contributed by atoms with van der Waals surface area (Å²) in [5.74, 6) is 2.10. The molecule has 1 fully saturated rings. The van der Waals surface area contributed by atoms with Gasteiger partial charge < -0.3 is 14.2 Å². The lowest BCUT2D eigenvalue weighted by Crippen LogP contribution is -2.24. The SMILES string of the molecule is CC(C)(C)c1ccc(OCCn2c(C3CC(=O)N(Cc4ccccc4)C3)nc3ccccc32)cc1. The second kappa shape index (κ2) is 9.57. The number of benzene rings is 3. The first-order chi connectivity index (χ1) is 16.9. The van der Waals surface area contributed by atoms with Crippen LogP contribution in [0.3, 0.4) is 0 Å². The minimum absolute atomic E-state index is 0.0738. The molecule has 1 atom stereocenters. The van der Waals surface area contributed by atoms with Gasteiger partial charge in [-0.05, 0) is 40.8 Å². The van der Waals surface area contributed by atoms with Crippen molar-refractivity contribution in [2.24, 2.45) is 0 Å². The number of likely N-dealkylation sites (tertiary alicyclic amines) is 1. The van der Waals surface area contributed by atoms with E-state index in [2.05, 4.69) is 55.7 Å². The molecule has 1 unspecified atom stereocenters. The van der Waals surface area contributed by atoms with Gasteiger partial charge in [-0.1, -0.05) is 75.4 Å². The van der Waals surface area contributed by atoms with Crippen molar-refractivity contribution in [1.29, 1.82) is 0 Å². The molecule has 0 aliphatic carbocycles. The van der Waals surface area contributed by atoms with Crippen molar-refractivity contribution in [1.82, 2.24) is 14.5 Å². The van der Waals surface area contributed by atoms with E-state index in [9.17, 15) is 4.79 Å². The third-order valence-electron chi connectivity index (χ3n) is 6.78. The van der Waals surface area contributed by atoms with Crippen LogP contribution < -0.4 is 4.74 Å². The van der Waals surface area contributed by atoms with E-state index < -0.39 is 0 Å². The van der Waals surface area contributed by atoms with Gasteiger partial charge in [0.05, 0.1) is 17.6 Å². The topological polar surface area (TPSA) is 47.4 Å². The number of imidazole rings is 1. The molecule has 1 aromatic heterocycles. The van der Waals surface area contributed by atoms with Gasteiger partial charge in [0.25, 0.3) is 0 Å². The van der Waals surface area contributed by atoms with Crippen LogP contribution in [0.25, 0.3) is 11.0 Å². The number of amides is 1. The summed E-state index contributed by atoms with van der Waals surface area (Å²) in [6, 6.07) is 26.7. The van der Waals surface area contributed by atoms with E-state index in [1.807, 2.05) is 53.4 Å². The quantitative estimate of drug-likeness (QED) is 0.338. The van der Waals surface area contributed by atoms with Gasteiger partial charge in [-0.2, -0.15) is 0 Å². The number of hydrogen-bond donors (Lipinski definition) is 0. The first-order valence-corrected chi connectivity index (χ1v) is 12.4. The molecule has 0 saturated carbocycles. The Morgan fingerprint density at radius 3 is 2.40 bits per heavy atom. The van der Waals surface area contributed by atoms with Crippen LogP contribution in [0.5, 0.6) is 5.75 Å². The predicted molar refractivity (Wildman–Crippen MR) is 140 cm³/mol. The summed E-state index contributed by atoms with van der Waals surface area (Å²) in [5, 5.41) is 0. The number of carbonyl (C=O) groups is 1. The van der Waals surface area contributed by atoms with E-state index in [0.29, 0.717) is 32.7 Å². The van der Waals surface area contributed by atoms with Crippen molar-refractivity contribution in [3.8, 4) is 5.75 Å². The monoisotopic (exact) mass is 467 g/mol. The van der Waals surface area contributed by atoms with Crippen molar-refractivity contribution in [3.63, 3.8) is 0 Å². The van der Waals surface area contributed by atoms with Gasteiger partial charge in [0.15, 0.2) is 0 Å². The van der Waals surface area contributed by atoms with Gasteiger partial charge in [-0.25, -0.2) is 4.98 Å². The lowest BCUT2D eigenvalue weighted by atomic mass is 9.87. The van der Waals surface area contributed by atoms with Crippen LogP contribution in [0.4, 0.5) is 0 Å². The first kappa shape index (κ1) is 23.2. The summed E-state index contributed by atoms with van der Waals surface area (Å²) in [4.78, 5) is 19.8. The van der Waals surface area contributed by atoms with E-state index >= 15 is 0 Å². The number of carbonyl (C=O) groups excluding carboxylic acids is 1. The van der Waals surface area contributed by atoms with Crippen LogP contribution >= 0.6 is 0 Å². The van der Waals surface area contributed by atoms with Crippen LogP contribution in [-0.4, -0.2) is 33.5 Å². The van der Waals surface area contributed by atoms with E-state index in [-0.39, 0.29) is 17.2 Å². The summed E-state index contributed by atoms with van der Waals surface area (Å²) < 4.78 is 8.35. The zero-order valence-corrected chi connectivity index (χ0v) is 20.8. The first-order valence-electron chi connectivity index (χ1n) is 12.4. The highest BCUT2D eigenvalue weighted by Crippen LogP contribution is 2.31. The lowest BCUT2D eigenvalue weighted by molar-refractivity contribution is -0.128. The van der Waals surface area contributed by atoms with Crippen LogP contribution in [-0.2, 0) is 23.3 Å². The zero-order valence-electron chi connectivity index (χ0n) is 20.8. The van der Waals surface area contributed by atoms with Gasteiger partial charge in [0, 0.05) is 25.4 Å². The number of aromatic nitrogens is 2. The number of rotatable bonds is 7. The van der Waals surface area contributed by atoms with Crippen LogP contribution in [0.1, 0.15) is 50.1 Å². The molecule has 1 amide bonds. The van der Waals surface area contributed by atoms with Crippen LogP contribution in [0.2, 0.25) is 0 Å². The molecule has 5 nitrogen and oxygen atoms in total. The van der Waals surface area contributed by atoms with Gasteiger partial charge in [-0.15, -0.1) is 0 Å². The maximum Gasteiger partial charge on any atom is 0.223 e. The third kappa shape index (κ3) is 5.09. The fourth-order valence-electron chi connectivity index (χ4n) is 4.85. The smallest absolute Gasteiger partial charge is 0.223 e.